The molecule has 0 unspecified atom stereocenters. The highest BCUT2D eigenvalue weighted by Crippen LogP contribution is 2.12. The lowest BCUT2D eigenvalue weighted by molar-refractivity contribution is -0.130. The van der Waals surface area contributed by atoms with Gasteiger partial charge in [-0.25, -0.2) is 8.78 Å². The average molecular weight is 466 g/mol. The van der Waals surface area contributed by atoms with Crippen molar-refractivity contribution >= 4 is 35.8 Å². The van der Waals surface area contributed by atoms with Crippen molar-refractivity contribution < 1.29 is 13.6 Å². The van der Waals surface area contributed by atoms with Crippen LogP contribution in [0.25, 0.3) is 0 Å². The highest BCUT2D eigenvalue weighted by atomic mass is 127. The van der Waals surface area contributed by atoms with Crippen molar-refractivity contribution in [2.24, 2.45) is 4.99 Å². The number of guanidine groups is 1. The summed E-state index contributed by atoms with van der Waals surface area (Å²) in [6, 6.07) is 4.19. The smallest absolute Gasteiger partial charge is 0.219 e. The van der Waals surface area contributed by atoms with Gasteiger partial charge in [-0.05, 0) is 25.0 Å². The molecule has 1 saturated heterocycles. The second-order valence-electron chi connectivity index (χ2n) is 5.69. The van der Waals surface area contributed by atoms with Crippen LogP contribution in [0.3, 0.4) is 0 Å². The second-order valence-corrected chi connectivity index (χ2v) is 5.69. The number of rotatable bonds is 4. The molecule has 5 nitrogen and oxygen atoms in total. The molecule has 0 radical (unpaired) electrons. The summed E-state index contributed by atoms with van der Waals surface area (Å²) in [7, 11) is 0. The molecular formula is C17H25F2IN4O. The molecule has 25 heavy (non-hydrogen) atoms. The molecule has 8 heteroatoms. The third-order valence-corrected chi connectivity index (χ3v) is 4.03. The Morgan fingerprint density at radius 3 is 2.44 bits per heavy atom. The normalized spacial score (nSPS) is 15.0. The number of nitrogens with one attached hydrogen (secondary N) is 1. The summed E-state index contributed by atoms with van der Waals surface area (Å²) in [6.45, 7) is 7.39. The number of nitrogens with zero attached hydrogens (tertiary/aromatic N) is 3. The molecule has 1 aliphatic rings. The van der Waals surface area contributed by atoms with E-state index in [0.717, 1.165) is 18.6 Å². The van der Waals surface area contributed by atoms with Crippen LogP contribution in [0.2, 0.25) is 0 Å². The zero-order valence-electron chi connectivity index (χ0n) is 14.6. The Hall–Kier alpha value is -1.45. The summed E-state index contributed by atoms with van der Waals surface area (Å²) >= 11 is 0. The lowest BCUT2D eigenvalue weighted by Gasteiger charge is -2.36. The first-order valence-electron chi connectivity index (χ1n) is 8.24. The van der Waals surface area contributed by atoms with Gasteiger partial charge >= 0.3 is 0 Å². The zero-order chi connectivity index (χ0) is 17.5. The molecule has 1 aromatic carbocycles. The van der Waals surface area contributed by atoms with E-state index in [2.05, 4.69) is 15.2 Å². The molecule has 0 saturated carbocycles. The molecule has 1 N–H and O–H groups in total. The summed E-state index contributed by atoms with van der Waals surface area (Å²) in [5.74, 6) is -0.799. The number of amides is 1. The maximum atomic E-state index is 13.7. The maximum Gasteiger partial charge on any atom is 0.219 e. The topological polar surface area (TPSA) is 47.9 Å². The van der Waals surface area contributed by atoms with Crippen molar-refractivity contribution in [3.05, 3.63) is 35.4 Å². The summed E-state index contributed by atoms with van der Waals surface area (Å²) in [6.07, 6.45) is 0.339. The number of hydrogen-bond acceptors (Lipinski definition) is 2. The molecule has 140 valence electrons. The third-order valence-electron chi connectivity index (χ3n) is 4.03. The highest BCUT2D eigenvalue weighted by Gasteiger charge is 2.20. The van der Waals surface area contributed by atoms with Crippen LogP contribution in [0.5, 0.6) is 0 Å². The Labute approximate surface area is 164 Å². The van der Waals surface area contributed by atoms with E-state index in [-0.39, 0.29) is 29.9 Å². The first kappa shape index (κ1) is 21.6. The third kappa shape index (κ3) is 6.09. The molecule has 1 heterocycles. The van der Waals surface area contributed by atoms with Gasteiger partial charge in [-0.3, -0.25) is 9.79 Å². The number of carbonyl (C=O) groups excluding carboxylic acids is 1. The van der Waals surface area contributed by atoms with Gasteiger partial charge in [0.1, 0.15) is 0 Å². The minimum absolute atomic E-state index is 0. The van der Waals surface area contributed by atoms with E-state index in [9.17, 15) is 13.6 Å². The summed E-state index contributed by atoms with van der Waals surface area (Å²) in [5, 5.41) is 3.21. The van der Waals surface area contributed by atoms with Crippen molar-refractivity contribution in [2.75, 3.05) is 39.3 Å². The number of carbonyl (C=O) groups is 1. The first-order valence-corrected chi connectivity index (χ1v) is 8.24. The van der Waals surface area contributed by atoms with Crippen LogP contribution in [0.1, 0.15) is 19.4 Å². The van der Waals surface area contributed by atoms with Crippen LogP contribution in [0, 0.1) is 11.6 Å². The van der Waals surface area contributed by atoms with Crippen molar-refractivity contribution in [2.45, 2.75) is 20.3 Å². The van der Waals surface area contributed by atoms with Gasteiger partial charge in [0.15, 0.2) is 17.6 Å². The first-order chi connectivity index (χ1) is 11.5. The van der Waals surface area contributed by atoms with Crippen LogP contribution < -0.4 is 5.32 Å². The van der Waals surface area contributed by atoms with Crippen LogP contribution in [0.4, 0.5) is 8.78 Å². The van der Waals surface area contributed by atoms with Crippen molar-refractivity contribution in [3.8, 4) is 0 Å². The van der Waals surface area contributed by atoms with Crippen molar-refractivity contribution in [1.29, 1.82) is 0 Å². The minimum Gasteiger partial charge on any atom is -0.357 e. The average Bonchev–Trinajstić information content (AvgIpc) is 2.58. The molecule has 0 bridgehead atoms. The van der Waals surface area contributed by atoms with Gasteiger partial charge in [0.2, 0.25) is 5.91 Å². The van der Waals surface area contributed by atoms with E-state index in [1.807, 2.05) is 11.8 Å². The van der Waals surface area contributed by atoms with Crippen molar-refractivity contribution in [3.63, 3.8) is 0 Å². The largest absolute Gasteiger partial charge is 0.357 e. The van der Waals surface area contributed by atoms with Gasteiger partial charge in [-0.2, -0.15) is 0 Å². The molecular weight excluding hydrogens is 441 g/mol. The Morgan fingerprint density at radius 2 is 1.84 bits per heavy atom. The molecule has 2 rings (SSSR count). The predicted octanol–water partition coefficient (Wildman–Crippen LogP) is 2.25. The van der Waals surface area contributed by atoms with Gasteiger partial charge < -0.3 is 15.1 Å². The SMILES string of the molecule is CCNC(=NCCc1cccc(F)c1F)N1CCN(C(C)=O)CC1.I. The van der Waals surface area contributed by atoms with Crippen LogP contribution in [-0.4, -0.2) is 60.9 Å². The molecule has 1 fully saturated rings. The Balaban J connectivity index is 0.00000312. The number of hydrogen-bond donors (Lipinski definition) is 1. The quantitative estimate of drug-likeness (QED) is 0.421. The summed E-state index contributed by atoms with van der Waals surface area (Å²) in [4.78, 5) is 19.8. The monoisotopic (exact) mass is 466 g/mol. The Bertz CT molecular complexity index is 604. The molecule has 0 aliphatic carbocycles. The molecule has 1 aliphatic heterocycles. The number of piperazine rings is 1. The fourth-order valence-corrected chi connectivity index (χ4v) is 2.68. The van der Waals surface area contributed by atoms with Gasteiger partial charge in [0.05, 0.1) is 0 Å². The zero-order valence-corrected chi connectivity index (χ0v) is 16.9. The highest BCUT2D eigenvalue weighted by molar-refractivity contribution is 14.0. The van der Waals surface area contributed by atoms with E-state index in [0.29, 0.717) is 44.7 Å². The summed E-state index contributed by atoms with van der Waals surface area (Å²) in [5.41, 5.74) is 0.330. The van der Waals surface area contributed by atoms with Gasteiger partial charge in [-0.1, -0.05) is 12.1 Å². The summed E-state index contributed by atoms with van der Waals surface area (Å²) < 4.78 is 26.9. The van der Waals surface area contributed by atoms with E-state index >= 15 is 0 Å². The van der Waals surface area contributed by atoms with Crippen LogP contribution in [-0.2, 0) is 11.2 Å². The molecule has 0 atom stereocenters. The fourth-order valence-electron chi connectivity index (χ4n) is 2.68. The number of halogens is 3. The van der Waals surface area contributed by atoms with Crippen molar-refractivity contribution in [1.82, 2.24) is 15.1 Å². The fraction of sp³-hybridized carbons (Fsp3) is 0.529. The van der Waals surface area contributed by atoms with E-state index in [1.54, 1.807) is 13.0 Å². The Morgan fingerprint density at radius 1 is 1.20 bits per heavy atom. The molecule has 0 aromatic heterocycles. The Kier molecular flexibility index (Phi) is 9.09. The predicted molar refractivity (Wildman–Crippen MR) is 105 cm³/mol. The van der Waals surface area contributed by atoms with Crippen LogP contribution in [0.15, 0.2) is 23.2 Å². The minimum atomic E-state index is -0.830. The van der Waals surface area contributed by atoms with Crippen LogP contribution >= 0.6 is 24.0 Å². The number of benzene rings is 1. The molecule has 0 spiro atoms. The lowest BCUT2D eigenvalue weighted by Crippen LogP contribution is -2.53. The van der Waals surface area contributed by atoms with E-state index in [1.165, 1.54) is 6.07 Å². The van der Waals surface area contributed by atoms with E-state index < -0.39 is 11.6 Å². The molecule has 1 aromatic rings. The van der Waals surface area contributed by atoms with E-state index in [4.69, 9.17) is 0 Å². The molecule has 1 amide bonds. The second kappa shape index (κ2) is 10.5. The standard InChI is InChI=1S/C17H24F2N4O.HI/c1-3-20-17(23-11-9-22(10-12-23)13(2)24)21-8-7-14-5-4-6-15(18)16(14)19;/h4-6H,3,7-12H2,1-2H3,(H,20,21);1H. The van der Waals surface area contributed by atoms with Gasteiger partial charge in [0.25, 0.3) is 0 Å². The number of aliphatic imine (C=N–C) groups is 1. The van der Waals surface area contributed by atoms with Gasteiger partial charge in [-0.15, -0.1) is 24.0 Å². The maximum absolute atomic E-state index is 13.7. The lowest BCUT2D eigenvalue weighted by atomic mass is 10.1. The van der Waals surface area contributed by atoms with Gasteiger partial charge in [0, 0.05) is 46.2 Å².